The van der Waals surface area contributed by atoms with Crippen molar-refractivity contribution in [3.8, 4) is 0 Å². The van der Waals surface area contributed by atoms with Gasteiger partial charge in [-0.05, 0) is 41.6 Å². The highest BCUT2D eigenvalue weighted by molar-refractivity contribution is 14.1. The van der Waals surface area contributed by atoms with Crippen molar-refractivity contribution in [1.29, 1.82) is 0 Å². The van der Waals surface area contributed by atoms with Gasteiger partial charge in [-0.25, -0.2) is 4.98 Å². The van der Waals surface area contributed by atoms with Crippen LogP contribution in [0.1, 0.15) is 5.69 Å². The largest absolute Gasteiger partial charge is 0.246 e. The molecule has 1 heterocycles. The summed E-state index contributed by atoms with van der Waals surface area (Å²) in [5.74, 6) is 0. The fourth-order valence-electron chi connectivity index (χ4n) is 0.508. The molecule has 0 aliphatic carbocycles. The number of aryl methyl sites for hydroxylation is 1. The fraction of sp³-hybridized carbons (Fsp3) is 0.167. The smallest absolute Gasteiger partial charge is 0.120 e. The normalized spacial score (nSPS) is 9.67. The molecule has 0 aromatic carbocycles. The molecule has 1 rings (SSSR count). The topological polar surface area (TPSA) is 12.9 Å². The van der Waals surface area contributed by atoms with E-state index in [4.69, 9.17) is 11.6 Å². The maximum Gasteiger partial charge on any atom is 0.120 e. The highest BCUT2D eigenvalue weighted by Gasteiger charge is 1.94. The van der Waals surface area contributed by atoms with Crippen LogP contribution in [0.3, 0.4) is 0 Å². The molecule has 0 aliphatic heterocycles. The molecule has 0 fully saturated rings. The molecule has 0 amide bonds. The Kier molecular flexibility index (Phi) is 2.29. The SMILES string of the molecule is Cc1ccc(Cl)c(I)n1. The molecule has 1 aromatic heterocycles. The van der Waals surface area contributed by atoms with Gasteiger partial charge in [-0.3, -0.25) is 0 Å². The molecule has 0 aliphatic rings. The molecule has 0 saturated heterocycles. The molecule has 3 heteroatoms. The molecule has 0 N–H and O–H groups in total. The molecule has 0 bridgehead atoms. The number of hydrogen-bond donors (Lipinski definition) is 0. The average molecular weight is 253 g/mol. The van der Waals surface area contributed by atoms with Crippen LogP contribution in [0.4, 0.5) is 0 Å². The van der Waals surface area contributed by atoms with Gasteiger partial charge < -0.3 is 0 Å². The van der Waals surface area contributed by atoms with Gasteiger partial charge in [0.15, 0.2) is 0 Å². The quantitative estimate of drug-likeness (QED) is 0.512. The molecule has 0 saturated carbocycles. The summed E-state index contributed by atoms with van der Waals surface area (Å²) < 4.78 is 0.870. The van der Waals surface area contributed by atoms with E-state index in [0.717, 1.165) is 14.4 Å². The van der Waals surface area contributed by atoms with Gasteiger partial charge in [0.05, 0.1) is 5.02 Å². The van der Waals surface area contributed by atoms with E-state index in [1.54, 1.807) is 0 Å². The molecule has 0 spiro atoms. The van der Waals surface area contributed by atoms with Crippen LogP contribution < -0.4 is 0 Å². The third-order valence-electron chi connectivity index (χ3n) is 0.942. The highest BCUT2D eigenvalue weighted by Crippen LogP contribution is 2.15. The first kappa shape index (κ1) is 7.28. The van der Waals surface area contributed by atoms with E-state index in [-0.39, 0.29) is 0 Å². The minimum atomic E-state index is 0.723. The third-order valence-corrected chi connectivity index (χ3v) is 2.39. The Hall–Kier alpha value is 0.170. The lowest BCUT2D eigenvalue weighted by Crippen LogP contribution is -1.83. The van der Waals surface area contributed by atoms with Crippen molar-refractivity contribution in [3.05, 3.63) is 26.5 Å². The molecule has 9 heavy (non-hydrogen) atoms. The molecule has 0 atom stereocenters. The summed E-state index contributed by atoms with van der Waals surface area (Å²) in [6.45, 7) is 1.94. The summed E-state index contributed by atoms with van der Waals surface area (Å²) in [6.07, 6.45) is 0. The maximum atomic E-state index is 5.71. The Balaban J connectivity index is 3.17. The zero-order valence-corrected chi connectivity index (χ0v) is 7.77. The monoisotopic (exact) mass is 253 g/mol. The number of halogens is 2. The second-order valence-corrected chi connectivity index (χ2v) is 3.15. The fourth-order valence-corrected chi connectivity index (χ4v) is 1.17. The minimum Gasteiger partial charge on any atom is -0.246 e. The molecule has 0 radical (unpaired) electrons. The van der Waals surface area contributed by atoms with E-state index < -0.39 is 0 Å². The molecule has 0 unspecified atom stereocenters. The van der Waals surface area contributed by atoms with Gasteiger partial charge in [0.25, 0.3) is 0 Å². The zero-order valence-electron chi connectivity index (χ0n) is 4.86. The Morgan fingerprint density at radius 1 is 1.56 bits per heavy atom. The summed E-state index contributed by atoms with van der Waals surface area (Å²) in [5, 5.41) is 0.723. The van der Waals surface area contributed by atoms with Gasteiger partial charge >= 0.3 is 0 Å². The average Bonchev–Trinajstić information content (AvgIpc) is 1.80. The van der Waals surface area contributed by atoms with E-state index in [1.807, 2.05) is 19.1 Å². The Morgan fingerprint density at radius 2 is 2.22 bits per heavy atom. The van der Waals surface area contributed by atoms with Crippen LogP contribution in [-0.4, -0.2) is 4.98 Å². The maximum absolute atomic E-state index is 5.71. The lowest BCUT2D eigenvalue weighted by molar-refractivity contribution is 1.16. The van der Waals surface area contributed by atoms with Gasteiger partial charge in [-0.1, -0.05) is 11.6 Å². The standard InChI is InChI=1S/C6H5ClIN/c1-4-2-3-5(7)6(8)9-4/h2-3H,1H3. The summed E-state index contributed by atoms with van der Waals surface area (Å²) in [7, 11) is 0. The van der Waals surface area contributed by atoms with Crippen molar-refractivity contribution in [2.24, 2.45) is 0 Å². The minimum absolute atomic E-state index is 0.723. The lowest BCUT2D eigenvalue weighted by Gasteiger charge is -1.93. The molecular weight excluding hydrogens is 248 g/mol. The van der Waals surface area contributed by atoms with Crippen LogP contribution >= 0.6 is 34.2 Å². The summed E-state index contributed by atoms with van der Waals surface area (Å²) in [5.41, 5.74) is 1.00. The number of nitrogens with zero attached hydrogens (tertiary/aromatic N) is 1. The predicted molar refractivity (Wildman–Crippen MR) is 46.7 cm³/mol. The van der Waals surface area contributed by atoms with Crippen molar-refractivity contribution in [2.45, 2.75) is 6.92 Å². The van der Waals surface area contributed by atoms with E-state index >= 15 is 0 Å². The van der Waals surface area contributed by atoms with Crippen molar-refractivity contribution in [3.63, 3.8) is 0 Å². The summed E-state index contributed by atoms with van der Waals surface area (Å²) in [4.78, 5) is 4.13. The van der Waals surface area contributed by atoms with Gasteiger partial charge in [-0.15, -0.1) is 0 Å². The number of aromatic nitrogens is 1. The van der Waals surface area contributed by atoms with Crippen LogP contribution in [0.25, 0.3) is 0 Å². The van der Waals surface area contributed by atoms with Crippen molar-refractivity contribution >= 4 is 34.2 Å². The van der Waals surface area contributed by atoms with E-state index in [9.17, 15) is 0 Å². The molecular formula is C6H5ClIN. The molecule has 1 nitrogen and oxygen atoms in total. The van der Waals surface area contributed by atoms with Gasteiger partial charge in [0, 0.05) is 5.69 Å². The first-order chi connectivity index (χ1) is 4.20. The number of rotatable bonds is 0. The number of hydrogen-bond acceptors (Lipinski definition) is 1. The Labute approximate surface area is 72.6 Å². The molecule has 1 aromatic rings. The van der Waals surface area contributed by atoms with Crippen molar-refractivity contribution < 1.29 is 0 Å². The van der Waals surface area contributed by atoms with E-state index in [2.05, 4.69) is 27.6 Å². The van der Waals surface area contributed by atoms with Crippen LogP contribution in [0, 0.1) is 10.6 Å². The van der Waals surface area contributed by atoms with Crippen LogP contribution in [0.5, 0.6) is 0 Å². The van der Waals surface area contributed by atoms with Crippen molar-refractivity contribution in [2.75, 3.05) is 0 Å². The van der Waals surface area contributed by atoms with Crippen LogP contribution in [-0.2, 0) is 0 Å². The van der Waals surface area contributed by atoms with E-state index in [1.165, 1.54) is 0 Å². The van der Waals surface area contributed by atoms with Crippen LogP contribution in [0.15, 0.2) is 12.1 Å². The first-order valence-corrected chi connectivity index (χ1v) is 3.94. The summed E-state index contributed by atoms with van der Waals surface area (Å²) >= 11 is 7.82. The lowest BCUT2D eigenvalue weighted by atomic mass is 10.4. The Morgan fingerprint density at radius 3 is 2.67 bits per heavy atom. The second-order valence-electron chi connectivity index (χ2n) is 1.73. The zero-order chi connectivity index (χ0) is 6.85. The van der Waals surface area contributed by atoms with Gasteiger partial charge in [0.2, 0.25) is 0 Å². The second kappa shape index (κ2) is 2.84. The number of pyridine rings is 1. The third kappa shape index (κ3) is 1.79. The first-order valence-electron chi connectivity index (χ1n) is 2.49. The van der Waals surface area contributed by atoms with Crippen molar-refractivity contribution in [1.82, 2.24) is 4.98 Å². The van der Waals surface area contributed by atoms with E-state index in [0.29, 0.717) is 0 Å². The Bertz CT molecular complexity index is 224. The summed E-state index contributed by atoms with van der Waals surface area (Å²) in [6, 6.07) is 3.75. The molecule has 48 valence electrons. The highest BCUT2D eigenvalue weighted by atomic mass is 127. The predicted octanol–water partition coefficient (Wildman–Crippen LogP) is 2.65. The van der Waals surface area contributed by atoms with Gasteiger partial charge in [0.1, 0.15) is 3.70 Å². The van der Waals surface area contributed by atoms with Crippen LogP contribution in [0.2, 0.25) is 5.02 Å². The van der Waals surface area contributed by atoms with Gasteiger partial charge in [-0.2, -0.15) is 0 Å².